The van der Waals surface area contributed by atoms with Gasteiger partial charge in [-0.2, -0.15) is 0 Å². The molecule has 0 aliphatic carbocycles. The molecule has 0 aliphatic heterocycles. The zero-order valence-corrected chi connectivity index (χ0v) is 10.9. The van der Waals surface area contributed by atoms with Crippen molar-refractivity contribution in [2.24, 2.45) is 0 Å². The first-order chi connectivity index (χ1) is 8.56. The number of halogens is 1. The van der Waals surface area contributed by atoms with Gasteiger partial charge < -0.3 is 14.8 Å². The number of hydrogen-bond donors (Lipinski definition) is 2. The van der Waals surface area contributed by atoms with Crippen molar-refractivity contribution in [3.05, 3.63) is 44.7 Å². The van der Waals surface area contributed by atoms with Crippen molar-refractivity contribution < 1.29 is 14.3 Å². The van der Waals surface area contributed by atoms with Gasteiger partial charge in [-0.1, -0.05) is 15.9 Å². The van der Waals surface area contributed by atoms with Crippen LogP contribution in [-0.2, 0) is 11.3 Å². The van der Waals surface area contributed by atoms with E-state index < -0.39 is 11.6 Å². The molecule has 0 saturated heterocycles. The summed E-state index contributed by atoms with van der Waals surface area (Å²) in [5.41, 5.74) is 0.742. The number of carboxylic acid groups (broad SMARTS) is 1. The smallest absolute Gasteiger partial charge is 0.336 e. The molecule has 1 heterocycles. The third-order valence-electron chi connectivity index (χ3n) is 2.38. The molecule has 0 spiro atoms. The fourth-order valence-electron chi connectivity index (χ4n) is 1.65. The van der Waals surface area contributed by atoms with Crippen LogP contribution in [0.1, 0.15) is 5.56 Å². The summed E-state index contributed by atoms with van der Waals surface area (Å²) in [4.78, 5) is 21.8. The van der Waals surface area contributed by atoms with Crippen molar-refractivity contribution in [2.75, 3.05) is 6.54 Å². The minimum Gasteiger partial charge on any atom is -0.480 e. The van der Waals surface area contributed by atoms with Gasteiger partial charge in [-0.3, -0.25) is 4.79 Å². The highest BCUT2D eigenvalue weighted by atomic mass is 79.9. The lowest BCUT2D eigenvalue weighted by Gasteiger charge is -2.06. The Morgan fingerprint density at radius 1 is 1.39 bits per heavy atom. The van der Waals surface area contributed by atoms with E-state index in [9.17, 15) is 9.59 Å². The number of hydrogen-bond acceptors (Lipinski definition) is 4. The van der Waals surface area contributed by atoms with Gasteiger partial charge in [0, 0.05) is 22.5 Å². The van der Waals surface area contributed by atoms with E-state index in [-0.39, 0.29) is 6.54 Å². The quantitative estimate of drug-likeness (QED) is 0.841. The molecular formula is C12H10BrNO4. The molecule has 0 saturated carbocycles. The van der Waals surface area contributed by atoms with Gasteiger partial charge in [-0.15, -0.1) is 0 Å². The standard InChI is InChI=1S/C12H10BrNO4/c13-8-1-2-9-7(5-14-6-11(15)16)3-12(17)18-10(9)4-8/h1-4,14H,5-6H2,(H,15,16). The van der Waals surface area contributed by atoms with Crippen molar-refractivity contribution in [3.63, 3.8) is 0 Å². The summed E-state index contributed by atoms with van der Waals surface area (Å²) in [6.07, 6.45) is 0. The lowest BCUT2D eigenvalue weighted by atomic mass is 10.1. The van der Waals surface area contributed by atoms with Gasteiger partial charge in [0.1, 0.15) is 5.58 Å². The molecule has 18 heavy (non-hydrogen) atoms. The highest BCUT2D eigenvalue weighted by molar-refractivity contribution is 9.10. The van der Waals surface area contributed by atoms with Gasteiger partial charge in [0.15, 0.2) is 0 Å². The zero-order valence-electron chi connectivity index (χ0n) is 9.27. The molecule has 2 aromatic rings. The van der Waals surface area contributed by atoms with E-state index in [2.05, 4.69) is 21.2 Å². The Morgan fingerprint density at radius 3 is 2.89 bits per heavy atom. The summed E-state index contributed by atoms with van der Waals surface area (Å²) in [6, 6.07) is 6.73. The van der Waals surface area contributed by atoms with Gasteiger partial charge in [0.05, 0.1) is 6.54 Å². The molecule has 0 amide bonds. The van der Waals surface area contributed by atoms with Crippen LogP contribution >= 0.6 is 15.9 Å². The maximum Gasteiger partial charge on any atom is 0.336 e. The van der Waals surface area contributed by atoms with E-state index in [0.717, 1.165) is 15.4 Å². The molecule has 0 aliphatic rings. The number of fused-ring (bicyclic) bond motifs is 1. The molecule has 0 radical (unpaired) electrons. The highest BCUT2D eigenvalue weighted by Gasteiger charge is 2.06. The predicted octanol–water partition coefficient (Wildman–Crippen LogP) is 1.73. The van der Waals surface area contributed by atoms with Crippen LogP contribution in [0, 0.1) is 0 Å². The van der Waals surface area contributed by atoms with E-state index in [4.69, 9.17) is 9.52 Å². The maximum atomic E-state index is 11.4. The molecule has 1 aromatic carbocycles. The van der Waals surface area contributed by atoms with Crippen LogP contribution in [0.15, 0.2) is 37.9 Å². The molecule has 0 bridgehead atoms. The number of carbonyl (C=O) groups is 1. The summed E-state index contributed by atoms with van der Waals surface area (Å²) >= 11 is 3.30. The minimum atomic E-state index is -0.940. The Balaban J connectivity index is 2.37. The van der Waals surface area contributed by atoms with Crippen LogP contribution in [0.4, 0.5) is 0 Å². The minimum absolute atomic E-state index is 0.155. The van der Waals surface area contributed by atoms with Gasteiger partial charge in [-0.05, 0) is 23.8 Å². The summed E-state index contributed by atoms with van der Waals surface area (Å²) in [6.45, 7) is 0.147. The molecule has 0 atom stereocenters. The van der Waals surface area contributed by atoms with E-state index in [0.29, 0.717) is 12.1 Å². The number of nitrogens with one attached hydrogen (secondary N) is 1. The van der Waals surface area contributed by atoms with Crippen LogP contribution < -0.4 is 10.9 Å². The lowest BCUT2D eigenvalue weighted by molar-refractivity contribution is -0.135. The predicted molar refractivity (Wildman–Crippen MR) is 69.5 cm³/mol. The first kappa shape index (κ1) is 12.8. The zero-order chi connectivity index (χ0) is 13.1. The number of carboxylic acids is 1. The molecule has 0 unspecified atom stereocenters. The SMILES string of the molecule is O=C(O)CNCc1cc(=O)oc2cc(Br)ccc12. The van der Waals surface area contributed by atoms with Crippen molar-refractivity contribution in [2.45, 2.75) is 6.54 Å². The average Bonchev–Trinajstić information content (AvgIpc) is 2.27. The van der Waals surface area contributed by atoms with Crippen LogP contribution in [0.2, 0.25) is 0 Å². The second-order valence-corrected chi connectivity index (χ2v) is 4.64. The Hall–Kier alpha value is -1.66. The Morgan fingerprint density at radius 2 is 2.17 bits per heavy atom. The van der Waals surface area contributed by atoms with Crippen LogP contribution in [0.3, 0.4) is 0 Å². The second-order valence-electron chi connectivity index (χ2n) is 3.73. The summed E-state index contributed by atoms with van der Waals surface area (Å²) in [7, 11) is 0. The van der Waals surface area contributed by atoms with Crippen molar-refractivity contribution in [1.29, 1.82) is 0 Å². The monoisotopic (exact) mass is 311 g/mol. The molecule has 94 valence electrons. The van der Waals surface area contributed by atoms with E-state index in [1.807, 2.05) is 12.1 Å². The summed E-state index contributed by atoms with van der Waals surface area (Å²) < 4.78 is 5.89. The fraction of sp³-hybridized carbons (Fsp3) is 0.167. The molecule has 0 fully saturated rings. The molecule has 6 heteroatoms. The topological polar surface area (TPSA) is 79.5 Å². The van der Waals surface area contributed by atoms with E-state index in [1.165, 1.54) is 6.07 Å². The van der Waals surface area contributed by atoms with Crippen LogP contribution in [0.25, 0.3) is 11.0 Å². The van der Waals surface area contributed by atoms with E-state index >= 15 is 0 Å². The number of benzene rings is 1. The highest BCUT2D eigenvalue weighted by Crippen LogP contribution is 2.21. The molecule has 1 aromatic heterocycles. The molecule has 2 N–H and O–H groups in total. The van der Waals surface area contributed by atoms with Gasteiger partial charge >= 0.3 is 11.6 Å². The second kappa shape index (κ2) is 5.32. The maximum absolute atomic E-state index is 11.4. The van der Waals surface area contributed by atoms with Crippen molar-refractivity contribution in [1.82, 2.24) is 5.32 Å². The van der Waals surface area contributed by atoms with Gasteiger partial charge in [0.2, 0.25) is 0 Å². The molecular weight excluding hydrogens is 302 g/mol. The third kappa shape index (κ3) is 2.96. The third-order valence-corrected chi connectivity index (χ3v) is 2.88. The first-order valence-corrected chi connectivity index (χ1v) is 6.00. The first-order valence-electron chi connectivity index (χ1n) is 5.21. The summed E-state index contributed by atoms with van der Waals surface area (Å²) in [5.74, 6) is -0.940. The Bertz CT molecular complexity index is 650. The van der Waals surface area contributed by atoms with Gasteiger partial charge in [0.25, 0.3) is 0 Å². The fourth-order valence-corrected chi connectivity index (χ4v) is 1.99. The Kier molecular flexibility index (Phi) is 3.78. The summed E-state index contributed by atoms with van der Waals surface area (Å²) in [5, 5.41) is 12.1. The lowest BCUT2D eigenvalue weighted by Crippen LogP contribution is -2.22. The average molecular weight is 312 g/mol. The van der Waals surface area contributed by atoms with Gasteiger partial charge in [-0.25, -0.2) is 4.79 Å². The number of aliphatic carboxylic acids is 1. The van der Waals surface area contributed by atoms with Crippen LogP contribution in [0.5, 0.6) is 0 Å². The van der Waals surface area contributed by atoms with Crippen LogP contribution in [-0.4, -0.2) is 17.6 Å². The largest absolute Gasteiger partial charge is 0.480 e. The van der Waals surface area contributed by atoms with E-state index in [1.54, 1.807) is 6.07 Å². The van der Waals surface area contributed by atoms with Crippen molar-refractivity contribution >= 4 is 32.9 Å². The van der Waals surface area contributed by atoms with Crippen molar-refractivity contribution in [3.8, 4) is 0 Å². The normalized spacial score (nSPS) is 10.7. The molecule has 5 nitrogen and oxygen atoms in total. The number of rotatable bonds is 4. The molecule has 2 rings (SSSR count). The Labute approximate surface area is 111 Å².